The van der Waals surface area contributed by atoms with Crippen molar-refractivity contribution in [2.24, 2.45) is 34.0 Å². The summed E-state index contributed by atoms with van der Waals surface area (Å²) in [6.07, 6.45) is 1.28. The van der Waals surface area contributed by atoms with Crippen LogP contribution in [0.25, 0.3) is 0 Å². The molecule has 0 aromatic carbocycles. The third-order valence-corrected chi connectivity index (χ3v) is 5.76. The van der Waals surface area contributed by atoms with E-state index < -0.39 is 42.5 Å². The number of aliphatic imine (C=N–C) groups is 1. The molecule has 0 fully saturated rings. The van der Waals surface area contributed by atoms with Crippen LogP contribution in [-0.2, 0) is 28.6 Å². The van der Waals surface area contributed by atoms with E-state index in [1.54, 1.807) is 33.8 Å². The van der Waals surface area contributed by atoms with E-state index in [4.69, 9.17) is 31.4 Å². The molecule has 0 bridgehead atoms. The first-order chi connectivity index (χ1) is 16.3. The summed E-state index contributed by atoms with van der Waals surface area (Å²) in [5.74, 6) is -2.26. The molecule has 5 atom stereocenters. The van der Waals surface area contributed by atoms with Crippen molar-refractivity contribution in [3.8, 4) is 0 Å². The molecule has 0 heterocycles. The van der Waals surface area contributed by atoms with Gasteiger partial charge in [-0.05, 0) is 24.8 Å². The van der Waals surface area contributed by atoms with Gasteiger partial charge < -0.3 is 36.7 Å². The van der Waals surface area contributed by atoms with Gasteiger partial charge in [0.05, 0.1) is 24.3 Å². The molecule has 0 aromatic rings. The summed E-state index contributed by atoms with van der Waals surface area (Å²) in [7, 11) is 0. The van der Waals surface area contributed by atoms with Crippen LogP contribution in [0.5, 0.6) is 0 Å². The van der Waals surface area contributed by atoms with Gasteiger partial charge in [-0.15, -0.1) is 0 Å². The topological polar surface area (TPSA) is 181 Å². The van der Waals surface area contributed by atoms with Crippen LogP contribution in [-0.4, -0.2) is 60.4 Å². The SMILES string of the molecule is CCC(CC)O[C@@H]1C=C(C(=O)OC(OC(=O)[C@H](N)C(C)C)C(C)C)C[C@H](N=C(N)N)[C@H]1NC(C)=O. The van der Waals surface area contributed by atoms with E-state index >= 15 is 0 Å². The second-order valence-electron chi connectivity index (χ2n) is 9.51. The van der Waals surface area contributed by atoms with E-state index in [9.17, 15) is 14.4 Å². The fourth-order valence-electron chi connectivity index (χ4n) is 3.59. The van der Waals surface area contributed by atoms with E-state index in [0.29, 0.717) is 0 Å². The number of rotatable bonds is 12. The van der Waals surface area contributed by atoms with E-state index in [-0.39, 0.29) is 41.8 Å². The molecular formula is C24H43N5O6. The Kier molecular flexibility index (Phi) is 12.2. The number of nitrogens with two attached hydrogens (primary N) is 3. The molecule has 1 unspecified atom stereocenters. The molecule has 0 saturated heterocycles. The van der Waals surface area contributed by atoms with Crippen LogP contribution in [0.4, 0.5) is 0 Å². The van der Waals surface area contributed by atoms with Crippen LogP contribution in [0, 0.1) is 11.8 Å². The Bertz CT molecular complexity index is 789. The lowest BCUT2D eigenvalue weighted by Crippen LogP contribution is -2.54. The van der Waals surface area contributed by atoms with Gasteiger partial charge in [0.25, 0.3) is 0 Å². The molecular weight excluding hydrogens is 454 g/mol. The van der Waals surface area contributed by atoms with E-state index in [1.807, 2.05) is 13.8 Å². The Morgan fingerprint density at radius 1 is 1.09 bits per heavy atom. The number of carbonyl (C=O) groups is 3. The Morgan fingerprint density at radius 2 is 1.69 bits per heavy atom. The van der Waals surface area contributed by atoms with E-state index in [1.165, 1.54) is 6.92 Å². The predicted molar refractivity (Wildman–Crippen MR) is 133 cm³/mol. The highest BCUT2D eigenvalue weighted by Gasteiger charge is 2.39. The Labute approximate surface area is 208 Å². The number of nitrogens with one attached hydrogen (secondary N) is 1. The summed E-state index contributed by atoms with van der Waals surface area (Å²) in [6.45, 7) is 12.5. The number of hydrogen-bond donors (Lipinski definition) is 4. The van der Waals surface area contributed by atoms with Crippen molar-refractivity contribution in [1.82, 2.24) is 5.32 Å². The lowest BCUT2D eigenvalue weighted by Gasteiger charge is -2.37. The van der Waals surface area contributed by atoms with Crippen molar-refractivity contribution in [3.63, 3.8) is 0 Å². The van der Waals surface area contributed by atoms with E-state index in [2.05, 4.69) is 10.3 Å². The molecule has 35 heavy (non-hydrogen) atoms. The van der Waals surface area contributed by atoms with Crippen LogP contribution < -0.4 is 22.5 Å². The highest BCUT2D eigenvalue weighted by Crippen LogP contribution is 2.28. The van der Waals surface area contributed by atoms with Gasteiger partial charge >= 0.3 is 11.9 Å². The largest absolute Gasteiger partial charge is 0.424 e. The zero-order valence-electron chi connectivity index (χ0n) is 21.9. The zero-order valence-corrected chi connectivity index (χ0v) is 21.9. The second kappa shape index (κ2) is 14.0. The van der Waals surface area contributed by atoms with Crippen LogP contribution >= 0.6 is 0 Å². The molecule has 0 radical (unpaired) electrons. The Balaban J connectivity index is 3.26. The van der Waals surface area contributed by atoms with Gasteiger partial charge in [-0.3, -0.25) is 9.59 Å². The summed E-state index contributed by atoms with van der Waals surface area (Å²) in [5, 5.41) is 2.85. The first-order valence-corrected chi connectivity index (χ1v) is 12.2. The van der Waals surface area contributed by atoms with Crippen molar-refractivity contribution in [3.05, 3.63) is 11.6 Å². The highest BCUT2D eigenvalue weighted by atomic mass is 16.7. The normalized spacial score (nSPS) is 21.8. The summed E-state index contributed by atoms with van der Waals surface area (Å²) in [5.41, 5.74) is 17.4. The maximum absolute atomic E-state index is 13.2. The summed E-state index contributed by atoms with van der Waals surface area (Å²) < 4.78 is 17.2. The maximum atomic E-state index is 13.2. The molecule has 0 aliphatic heterocycles. The average molecular weight is 498 g/mol. The molecule has 1 amide bonds. The minimum Gasteiger partial charge on any atom is -0.424 e. The lowest BCUT2D eigenvalue weighted by molar-refractivity contribution is -0.195. The molecule has 7 N–H and O–H groups in total. The van der Waals surface area contributed by atoms with Crippen LogP contribution in [0.15, 0.2) is 16.6 Å². The summed E-state index contributed by atoms with van der Waals surface area (Å²) in [6, 6.07) is -2.09. The highest BCUT2D eigenvalue weighted by molar-refractivity contribution is 5.89. The second-order valence-corrected chi connectivity index (χ2v) is 9.51. The number of carbonyl (C=O) groups excluding carboxylic acids is 3. The Hall–Kier alpha value is -2.66. The first kappa shape index (κ1) is 30.4. The molecule has 1 aliphatic rings. The predicted octanol–water partition coefficient (Wildman–Crippen LogP) is 1.09. The first-order valence-electron chi connectivity index (χ1n) is 12.2. The van der Waals surface area contributed by atoms with Gasteiger partial charge in [0, 0.05) is 24.8 Å². The fraction of sp³-hybridized carbons (Fsp3) is 0.750. The van der Waals surface area contributed by atoms with Gasteiger partial charge in [0.15, 0.2) is 5.96 Å². The molecule has 0 aromatic heterocycles. The lowest BCUT2D eigenvalue weighted by atomic mass is 9.87. The zero-order chi connectivity index (χ0) is 26.9. The maximum Gasteiger partial charge on any atom is 0.336 e. The van der Waals surface area contributed by atoms with Gasteiger partial charge in [-0.2, -0.15) is 0 Å². The number of nitrogens with zero attached hydrogens (tertiary/aromatic N) is 1. The van der Waals surface area contributed by atoms with Crippen molar-refractivity contribution in [2.75, 3.05) is 0 Å². The van der Waals surface area contributed by atoms with Crippen LogP contribution in [0.1, 0.15) is 67.7 Å². The van der Waals surface area contributed by atoms with Crippen molar-refractivity contribution < 1.29 is 28.6 Å². The third-order valence-electron chi connectivity index (χ3n) is 5.76. The fourth-order valence-corrected chi connectivity index (χ4v) is 3.59. The smallest absolute Gasteiger partial charge is 0.336 e. The van der Waals surface area contributed by atoms with E-state index in [0.717, 1.165) is 12.8 Å². The third kappa shape index (κ3) is 9.48. The molecule has 11 nitrogen and oxygen atoms in total. The minimum absolute atomic E-state index is 0.0920. The molecule has 0 spiro atoms. The standard InChI is InChI=1S/C24H43N5O6/c1-8-16(9-2)33-18-11-15(10-17(29-24(26)27)20(18)28-14(7)30)21(31)34-23(13(5)6)35-22(32)19(25)12(3)4/h11-13,16-20,23H,8-10,25H2,1-7H3,(H,28,30)(H4,26,27,29)/t17-,18+,19+,20+,23?/m0/s1. The van der Waals surface area contributed by atoms with Crippen LogP contribution in [0.3, 0.4) is 0 Å². The molecule has 11 heteroatoms. The number of guanidine groups is 1. The molecule has 200 valence electrons. The van der Waals surface area contributed by atoms with Crippen molar-refractivity contribution in [2.45, 2.75) is 104 Å². The number of esters is 2. The number of amides is 1. The minimum atomic E-state index is -1.13. The Morgan fingerprint density at radius 3 is 2.14 bits per heavy atom. The van der Waals surface area contributed by atoms with Crippen LogP contribution in [0.2, 0.25) is 0 Å². The van der Waals surface area contributed by atoms with Gasteiger partial charge in [-0.1, -0.05) is 41.5 Å². The summed E-state index contributed by atoms with van der Waals surface area (Å²) >= 11 is 0. The average Bonchev–Trinajstić information content (AvgIpc) is 2.76. The molecule has 1 aliphatic carbocycles. The van der Waals surface area contributed by atoms with Crippen molar-refractivity contribution >= 4 is 23.8 Å². The number of ether oxygens (including phenoxy) is 3. The number of hydrogen-bond acceptors (Lipinski definition) is 8. The molecule has 1 rings (SSSR count). The monoisotopic (exact) mass is 497 g/mol. The quantitative estimate of drug-likeness (QED) is 0.133. The van der Waals surface area contributed by atoms with Gasteiger partial charge in [0.2, 0.25) is 12.2 Å². The van der Waals surface area contributed by atoms with Crippen molar-refractivity contribution in [1.29, 1.82) is 0 Å². The van der Waals surface area contributed by atoms with Gasteiger partial charge in [-0.25, -0.2) is 9.79 Å². The molecule has 0 saturated carbocycles. The van der Waals surface area contributed by atoms with Gasteiger partial charge in [0.1, 0.15) is 6.04 Å². The summed E-state index contributed by atoms with van der Waals surface area (Å²) in [4.78, 5) is 41.7.